The molecule has 2 aliphatic carbocycles. The smallest absolute Gasteiger partial charge is 0.241 e. The van der Waals surface area contributed by atoms with Crippen LogP contribution in [0.15, 0.2) is 109 Å². The Labute approximate surface area is 325 Å². The second kappa shape index (κ2) is 14.3. The van der Waals surface area contributed by atoms with Crippen LogP contribution in [0.4, 0.5) is 11.4 Å². The van der Waals surface area contributed by atoms with E-state index in [0.717, 1.165) is 22.3 Å². The van der Waals surface area contributed by atoms with E-state index in [1.54, 1.807) is 62.8 Å². The predicted octanol–water partition coefficient (Wildman–Crippen LogP) is 7.57. The second-order valence-electron chi connectivity index (χ2n) is 14.9. The molecule has 56 heavy (non-hydrogen) atoms. The van der Waals surface area contributed by atoms with Crippen molar-refractivity contribution >= 4 is 53.2 Å². The molecule has 10 nitrogen and oxygen atoms in total. The zero-order valence-electron chi connectivity index (χ0n) is 31.5. The van der Waals surface area contributed by atoms with Crippen LogP contribution in [0.25, 0.3) is 18.2 Å². The number of para-hydroxylation sites is 1. The van der Waals surface area contributed by atoms with Gasteiger partial charge in [0.2, 0.25) is 23.6 Å². The van der Waals surface area contributed by atoms with Crippen LogP contribution in [0.1, 0.15) is 36.5 Å². The van der Waals surface area contributed by atoms with Gasteiger partial charge < -0.3 is 19.3 Å². The molecule has 4 amide bonds. The van der Waals surface area contributed by atoms with Crippen LogP contribution in [-0.4, -0.2) is 50.1 Å². The van der Waals surface area contributed by atoms with Crippen LogP contribution < -0.4 is 24.0 Å². The molecule has 3 fully saturated rings. The third-order valence-electron chi connectivity index (χ3n) is 12.1. The van der Waals surface area contributed by atoms with Crippen molar-refractivity contribution in [3.8, 4) is 23.0 Å². The number of phenols is 1. The molecule has 0 bridgehead atoms. The van der Waals surface area contributed by atoms with Crippen molar-refractivity contribution in [1.29, 1.82) is 0 Å². The number of benzene rings is 4. The molecule has 0 spiro atoms. The van der Waals surface area contributed by atoms with Gasteiger partial charge in [0, 0.05) is 11.5 Å². The third kappa shape index (κ3) is 5.87. The number of aromatic hydroxyl groups is 1. The lowest BCUT2D eigenvalue weighted by molar-refractivity contribution is -0.132. The van der Waals surface area contributed by atoms with Crippen LogP contribution in [0.3, 0.4) is 0 Å². The molecule has 6 atom stereocenters. The van der Waals surface area contributed by atoms with Gasteiger partial charge in [0.1, 0.15) is 11.5 Å². The van der Waals surface area contributed by atoms with Gasteiger partial charge in [-0.3, -0.25) is 24.1 Å². The summed E-state index contributed by atoms with van der Waals surface area (Å²) in [5, 5.41) is 10.2. The van der Waals surface area contributed by atoms with E-state index in [-0.39, 0.29) is 35.8 Å². The molecular weight excluding hydrogens is 709 g/mol. The minimum atomic E-state index is -1.15. The number of fused-ring (bicyclic) bond motifs is 4. The summed E-state index contributed by atoms with van der Waals surface area (Å²) in [6.45, 7) is 1.85. The Hall–Kier alpha value is -6.42. The molecule has 6 unspecified atom stereocenters. The molecule has 4 aromatic carbocycles. The number of imide groups is 2. The van der Waals surface area contributed by atoms with E-state index < -0.39 is 35.0 Å². The summed E-state index contributed by atoms with van der Waals surface area (Å²) in [5.74, 6) is -2.48. The Morgan fingerprint density at radius 1 is 0.696 bits per heavy atom. The van der Waals surface area contributed by atoms with Crippen molar-refractivity contribution in [3.05, 3.63) is 125 Å². The van der Waals surface area contributed by atoms with Gasteiger partial charge in [0.05, 0.1) is 55.9 Å². The van der Waals surface area contributed by atoms with Crippen molar-refractivity contribution in [2.75, 3.05) is 31.1 Å². The van der Waals surface area contributed by atoms with Crippen molar-refractivity contribution < 1.29 is 38.5 Å². The first-order valence-corrected chi connectivity index (χ1v) is 18.7. The zero-order valence-corrected chi connectivity index (χ0v) is 31.5. The summed E-state index contributed by atoms with van der Waals surface area (Å²) >= 11 is 0. The van der Waals surface area contributed by atoms with Gasteiger partial charge in [-0.25, -0.2) is 4.90 Å². The molecule has 4 aliphatic rings. The molecular formula is C46H42N2O8. The lowest BCUT2D eigenvalue weighted by Gasteiger charge is -2.47. The van der Waals surface area contributed by atoms with Gasteiger partial charge in [0.25, 0.3) is 0 Å². The van der Waals surface area contributed by atoms with Crippen molar-refractivity contribution in [3.63, 3.8) is 0 Å². The molecule has 10 heteroatoms. The number of nitrogens with zero attached hydrogens (tertiary/aromatic N) is 2. The van der Waals surface area contributed by atoms with Crippen LogP contribution in [0.5, 0.6) is 23.0 Å². The summed E-state index contributed by atoms with van der Waals surface area (Å²) in [4.78, 5) is 60.2. The second-order valence-corrected chi connectivity index (χ2v) is 14.9. The number of hydrogen-bond acceptors (Lipinski definition) is 8. The zero-order chi connectivity index (χ0) is 39.3. The highest BCUT2D eigenvalue weighted by molar-refractivity contribution is 6.25. The number of rotatable bonds is 9. The Morgan fingerprint density at radius 3 is 2.12 bits per heavy atom. The number of methoxy groups -OCH3 is 3. The number of amides is 4. The molecule has 2 aliphatic heterocycles. The Kier molecular flexibility index (Phi) is 9.36. The van der Waals surface area contributed by atoms with E-state index in [4.69, 9.17) is 14.2 Å². The van der Waals surface area contributed by atoms with E-state index in [1.165, 1.54) is 23.0 Å². The molecule has 2 heterocycles. The van der Waals surface area contributed by atoms with Crippen LogP contribution in [0.2, 0.25) is 0 Å². The normalized spacial score (nSPS) is 25.7. The van der Waals surface area contributed by atoms with Gasteiger partial charge >= 0.3 is 0 Å². The summed E-state index contributed by atoms with van der Waals surface area (Å²) in [6, 6.07) is 26.7. The van der Waals surface area contributed by atoms with Crippen LogP contribution >= 0.6 is 0 Å². The van der Waals surface area contributed by atoms with Gasteiger partial charge in [-0.05, 0) is 91.4 Å². The molecule has 284 valence electrons. The van der Waals surface area contributed by atoms with Crippen molar-refractivity contribution in [2.45, 2.75) is 19.8 Å². The first-order chi connectivity index (χ1) is 27.1. The Bertz CT molecular complexity index is 2330. The molecule has 0 aromatic heterocycles. The highest BCUT2D eigenvalue weighted by atomic mass is 16.5. The Morgan fingerprint density at radius 2 is 1.41 bits per heavy atom. The van der Waals surface area contributed by atoms with E-state index >= 15 is 0 Å². The number of phenolic OH excluding ortho intramolecular Hbond substituents is 1. The van der Waals surface area contributed by atoms with Gasteiger partial charge in [-0.1, -0.05) is 72.4 Å². The quantitative estimate of drug-likeness (QED) is 0.106. The largest absolute Gasteiger partial charge is 0.504 e. The average molecular weight is 751 g/mol. The summed E-state index contributed by atoms with van der Waals surface area (Å²) < 4.78 is 16.2. The third-order valence-corrected chi connectivity index (χ3v) is 12.1. The number of anilines is 2. The lowest BCUT2D eigenvalue weighted by Crippen LogP contribution is -2.49. The van der Waals surface area contributed by atoms with Gasteiger partial charge in [0.15, 0.2) is 11.5 Å². The minimum absolute atomic E-state index is 0.000486. The molecule has 2 saturated heterocycles. The first-order valence-electron chi connectivity index (χ1n) is 18.7. The minimum Gasteiger partial charge on any atom is -0.504 e. The number of carbonyl (C=O) groups excluding carboxylic acids is 4. The lowest BCUT2D eigenvalue weighted by atomic mass is 9.52. The van der Waals surface area contributed by atoms with E-state index in [0.29, 0.717) is 35.0 Å². The topological polar surface area (TPSA) is 123 Å². The summed E-state index contributed by atoms with van der Waals surface area (Å²) in [6.07, 6.45) is 10.3. The highest BCUT2D eigenvalue weighted by Crippen LogP contribution is 2.61. The summed E-state index contributed by atoms with van der Waals surface area (Å²) in [7, 11) is 4.69. The fourth-order valence-corrected chi connectivity index (χ4v) is 9.19. The molecule has 4 aromatic rings. The summed E-state index contributed by atoms with van der Waals surface area (Å²) in [5.41, 5.74) is 3.14. The fraction of sp³-hybridized carbons (Fsp3) is 0.261. The standard InChI is InChI=1S/C46H42N2O8/c1-46-36(21-13-28-14-22-38(49)40(24-28)56-4)33-19-20-34-41(35(33)26-37(46)43(51)48(45(46)53)30-8-6-5-7-9-30)44(52)47(42(34)50)31-16-11-27(12-17-31)10-15-29-25-32(54-2)18-23-39(29)55-3/h5-19,21-25,34-37,41,49H,20,26H2,1-4H3. The maximum atomic E-state index is 14.6. The first kappa shape index (κ1) is 36.6. The van der Waals surface area contributed by atoms with E-state index in [1.807, 2.05) is 73.7 Å². The maximum absolute atomic E-state index is 14.6. The number of carbonyl (C=O) groups is 4. The van der Waals surface area contributed by atoms with Gasteiger partial charge in [-0.2, -0.15) is 0 Å². The molecule has 8 rings (SSSR count). The van der Waals surface area contributed by atoms with E-state index in [9.17, 15) is 24.3 Å². The number of hydrogen-bond donors (Lipinski definition) is 1. The molecule has 1 N–H and O–H groups in total. The van der Waals surface area contributed by atoms with Crippen molar-refractivity contribution in [2.24, 2.45) is 35.0 Å². The van der Waals surface area contributed by atoms with Gasteiger partial charge in [-0.15, -0.1) is 0 Å². The fourth-order valence-electron chi connectivity index (χ4n) is 9.19. The van der Waals surface area contributed by atoms with Crippen molar-refractivity contribution in [1.82, 2.24) is 0 Å². The molecule has 0 radical (unpaired) electrons. The van der Waals surface area contributed by atoms with Crippen LogP contribution in [0, 0.1) is 35.0 Å². The number of ether oxygens (including phenoxy) is 3. The Balaban J connectivity index is 1.12. The predicted molar refractivity (Wildman–Crippen MR) is 213 cm³/mol. The average Bonchev–Trinajstić information content (AvgIpc) is 3.59. The maximum Gasteiger partial charge on any atom is 0.241 e. The monoisotopic (exact) mass is 750 g/mol. The number of allylic oxidation sites excluding steroid dienone is 3. The van der Waals surface area contributed by atoms with E-state index in [2.05, 4.69) is 0 Å². The SMILES string of the molecule is COc1ccc(OC)c(C=Cc2ccc(N3C(=O)C4CC=C5C(CC6C(=O)N(c7ccccc7)C(=O)C6(C)C5C=Cc5ccc(O)c(OC)c5)C4C3=O)cc2)c1. The van der Waals surface area contributed by atoms with Crippen LogP contribution in [-0.2, 0) is 19.2 Å². The molecule has 1 saturated carbocycles. The highest BCUT2D eigenvalue weighted by Gasteiger charge is 2.67.